The summed E-state index contributed by atoms with van der Waals surface area (Å²) in [5.41, 5.74) is 0. The van der Waals surface area contributed by atoms with Gasteiger partial charge in [0.15, 0.2) is 0 Å². The van der Waals surface area contributed by atoms with E-state index < -0.39 is 0 Å². The zero-order valence-corrected chi connectivity index (χ0v) is 12.5. The van der Waals surface area contributed by atoms with Crippen molar-refractivity contribution in [2.24, 2.45) is 0 Å². The Morgan fingerprint density at radius 2 is 1.89 bits per heavy atom. The van der Waals surface area contributed by atoms with Crippen molar-refractivity contribution in [2.75, 3.05) is 20.1 Å². The second-order valence-corrected chi connectivity index (χ2v) is 6.16. The lowest BCUT2D eigenvalue weighted by Gasteiger charge is -2.38. The Morgan fingerprint density at radius 1 is 1.21 bits per heavy atom. The molecule has 2 fully saturated rings. The molecule has 0 radical (unpaired) electrons. The molecule has 1 amide bonds. The standard InChI is InChI=1S/C15H29N3O/c1-12(16-2)14-9-5-6-10-18(14)11-15(19)17-13-7-3-4-8-13/h12-14,16H,3-11H2,1-2H3,(H,17,19). The van der Waals surface area contributed by atoms with Crippen molar-refractivity contribution < 1.29 is 4.79 Å². The maximum atomic E-state index is 12.2. The van der Waals surface area contributed by atoms with E-state index in [0.717, 1.165) is 6.54 Å². The van der Waals surface area contributed by atoms with E-state index in [9.17, 15) is 4.79 Å². The Balaban J connectivity index is 1.82. The van der Waals surface area contributed by atoms with Crippen LogP contribution in [0.1, 0.15) is 51.9 Å². The third kappa shape index (κ3) is 4.18. The first-order chi connectivity index (χ1) is 9.20. The smallest absolute Gasteiger partial charge is 0.234 e. The number of hydrogen-bond donors (Lipinski definition) is 2. The fraction of sp³-hybridized carbons (Fsp3) is 0.933. The molecule has 0 bridgehead atoms. The number of carbonyl (C=O) groups excluding carboxylic acids is 1. The summed E-state index contributed by atoms with van der Waals surface area (Å²) in [6.45, 7) is 3.86. The van der Waals surface area contributed by atoms with Gasteiger partial charge >= 0.3 is 0 Å². The lowest BCUT2D eigenvalue weighted by Crippen LogP contribution is -2.53. The van der Waals surface area contributed by atoms with Gasteiger partial charge in [0.05, 0.1) is 6.54 Å². The van der Waals surface area contributed by atoms with Crippen molar-refractivity contribution in [3.63, 3.8) is 0 Å². The molecule has 110 valence electrons. The highest BCUT2D eigenvalue weighted by atomic mass is 16.2. The summed E-state index contributed by atoms with van der Waals surface area (Å²) >= 11 is 0. The summed E-state index contributed by atoms with van der Waals surface area (Å²) in [6, 6.07) is 1.41. The summed E-state index contributed by atoms with van der Waals surface area (Å²) in [4.78, 5) is 14.5. The number of amides is 1. The summed E-state index contributed by atoms with van der Waals surface area (Å²) in [5, 5.41) is 6.54. The van der Waals surface area contributed by atoms with Gasteiger partial charge in [-0.05, 0) is 46.2 Å². The van der Waals surface area contributed by atoms with Crippen molar-refractivity contribution in [1.82, 2.24) is 15.5 Å². The molecule has 2 aliphatic rings. The van der Waals surface area contributed by atoms with E-state index in [-0.39, 0.29) is 5.91 Å². The minimum atomic E-state index is 0.224. The number of rotatable bonds is 5. The van der Waals surface area contributed by atoms with Gasteiger partial charge in [-0.1, -0.05) is 19.3 Å². The Morgan fingerprint density at radius 3 is 2.58 bits per heavy atom. The molecule has 1 heterocycles. The monoisotopic (exact) mass is 267 g/mol. The summed E-state index contributed by atoms with van der Waals surface area (Å²) in [5.74, 6) is 0.224. The van der Waals surface area contributed by atoms with Crippen LogP contribution in [0.3, 0.4) is 0 Å². The molecule has 2 rings (SSSR count). The second kappa shape index (κ2) is 7.25. The van der Waals surface area contributed by atoms with E-state index in [1.807, 2.05) is 7.05 Å². The van der Waals surface area contributed by atoms with Crippen LogP contribution in [0.4, 0.5) is 0 Å². The Labute approximate surface area is 117 Å². The zero-order valence-electron chi connectivity index (χ0n) is 12.5. The summed E-state index contributed by atoms with van der Waals surface area (Å²) in [6.07, 6.45) is 8.60. The minimum absolute atomic E-state index is 0.224. The van der Waals surface area contributed by atoms with Crippen LogP contribution in [0.15, 0.2) is 0 Å². The molecule has 0 spiro atoms. The normalized spacial score (nSPS) is 27.4. The van der Waals surface area contributed by atoms with Gasteiger partial charge < -0.3 is 10.6 Å². The van der Waals surface area contributed by atoms with Crippen LogP contribution in [0.25, 0.3) is 0 Å². The molecule has 2 atom stereocenters. The zero-order chi connectivity index (χ0) is 13.7. The van der Waals surface area contributed by atoms with Crippen molar-refractivity contribution in [1.29, 1.82) is 0 Å². The van der Waals surface area contributed by atoms with Gasteiger partial charge in [-0.25, -0.2) is 0 Å². The highest BCUT2D eigenvalue weighted by Crippen LogP contribution is 2.20. The Kier molecular flexibility index (Phi) is 5.64. The predicted octanol–water partition coefficient (Wildman–Crippen LogP) is 1.51. The molecule has 1 aliphatic carbocycles. The van der Waals surface area contributed by atoms with Crippen molar-refractivity contribution in [2.45, 2.75) is 70.0 Å². The topological polar surface area (TPSA) is 44.4 Å². The number of likely N-dealkylation sites (tertiary alicyclic amines) is 1. The third-order valence-electron chi connectivity index (χ3n) is 4.76. The lowest BCUT2D eigenvalue weighted by atomic mass is 9.96. The molecular formula is C15H29N3O. The summed E-state index contributed by atoms with van der Waals surface area (Å²) < 4.78 is 0. The molecule has 1 saturated carbocycles. The summed E-state index contributed by atoms with van der Waals surface area (Å²) in [7, 11) is 2.01. The van der Waals surface area contributed by atoms with Gasteiger partial charge in [0.1, 0.15) is 0 Å². The van der Waals surface area contributed by atoms with Crippen LogP contribution in [-0.2, 0) is 4.79 Å². The Bertz CT molecular complexity index is 289. The number of piperidine rings is 1. The number of carbonyl (C=O) groups is 1. The first-order valence-electron chi connectivity index (χ1n) is 7.91. The molecule has 1 saturated heterocycles. The molecule has 0 aromatic heterocycles. The maximum absolute atomic E-state index is 12.2. The number of likely N-dealkylation sites (N-methyl/N-ethyl adjacent to an activating group) is 1. The molecule has 2 unspecified atom stereocenters. The van der Waals surface area contributed by atoms with Crippen molar-refractivity contribution >= 4 is 5.91 Å². The average molecular weight is 267 g/mol. The highest BCUT2D eigenvalue weighted by Gasteiger charge is 2.28. The number of nitrogens with one attached hydrogen (secondary N) is 2. The minimum Gasteiger partial charge on any atom is -0.352 e. The first kappa shape index (κ1) is 14.8. The number of hydrogen-bond acceptors (Lipinski definition) is 3. The first-order valence-corrected chi connectivity index (χ1v) is 7.91. The largest absolute Gasteiger partial charge is 0.352 e. The van der Waals surface area contributed by atoms with Gasteiger partial charge in [-0.15, -0.1) is 0 Å². The van der Waals surface area contributed by atoms with Gasteiger partial charge in [0, 0.05) is 18.1 Å². The molecular weight excluding hydrogens is 238 g/mol. The van der Waals surface area contributed by atoms with Crippen molar-refractivity contribution in [3.8, 4) is 0 Å². The van der Waals surface area contributed by atoms with Gasteiger partial charge in [-0.2, -0.15) is 0 Å². The fourth-order valence-corrected chi connectivity index (χ4v) is 3.50. The van der Waals surface area contributed by atoms with E-state index in [1.54, 1.807) is 0 Å². The molecule has 19 heavy (non-hydrogen) atoms. The van der Waals surface area contributed by atoms with Crippen LogP contribution in [0.2, 0.25) is 0 Å². The molecule has 1 aliphatic heterocycles. The highest BCUT2D eigenvalue weighted by molar-refractivity contribution is 5.78. The molecule has 0 aromatic rings. The lowest BCUT2D eigenvalue weighted by molar-refractivity contribution is -0.124. The van der Waals surface area contributed by atoms with E-state index in [4.69, 9.17) is 0 Å². The third-order valence-corrected chi connectivity index (χ3v) is 4.76. The number of nitrogens with zero attached hydrogens (tertiary/aromatic N) is 1. The van der Waals surface area contributed by atoms with E-state index in [0.29, 0.717) is 24.7 Å². The fourth-order valence-electron chi connectivity index (χ4n) is 3.50. The van der Waals surface area contributed by atoms with Crippen LogP contribution in [-0.4, -0.2) is 49.1 Å². The quantitative estimate of drug-likeness (QED) is 0.793. The SMILES string of the molecule is CNC(C)C1CCCCN1CC(=O)NC1CCCC1. The molecule has 0 aromatic carbocycles. The maximum Gasteiger partial charge on any atom is 0.234 e. The van der Waals surface area contributed by atoms with E-state index in [2.05, 4.69) is 22.5 Å². The Hall–Kier alpha value is -0.610. The van der Waals surface area contributed by atoms with E-state index >= 15 is 0 Å². The predicted molar refractivity (Wildman–Crippen MR) is 78.1 cm³/mol. The van der Waals surface area contributed by atoms with Crippen molar-refractivity contribution in [3.05, 3.63) is 0 Å². The van der Waals surface area contributed by atoms with E-state index in [1.165, 1.54) is 44.9 Å². The molecule has 4 heteroatoms. The van der Waals surface area contributed by atoms with Crippen LogP contribution in [0.5, 0.6) is 0 Å². The average Bonchev–Trinajstić information content (AvgIpc) is 2.91. The van der Waals surface area contributed by atoms with Gasteiger partial charge in [0.25, 0.3) is 0 Å². The van der Waals surface area contributed by atoms with Crippen LogP contribution < -0.4 is 10.6 Å². The van der Waals surface area contributed by atoms with Gasteiger partial charge in [-0.3, -0.25) is 9.69 Å². The van der Waals surface area contributed by atoms with Crippen LogP contribution in [0, 0.1) is 0 Å². The second-order valence-electron chi connectivity index (χ2n) is 6.16. The van der Waals surface area contributed by atoms with Crippen LogP contribution >= 0.6 is 0 Å². The molecule has 2 N–H and O–H groups in total. The molecule has 4 nitrogen and oxygen atoms in total. The van der Waals surface area contributed by atoms with Gasteiger partial charge in [0.2, 0.25) is 5.91 Å².